The van der Waals surface area contributed by atoms with Crippen LogP contribution in [0.1, 0.15) is 27.8 Å². The number of benzene rings is 9. The molecule has 3 nitrogen and oxygen atoms in total. The van der Waals surface area contributed by atoms with Crippen LogP contribution in [0.5, 0.6) is 0 Å². The highest BCUT2D eigenvalue weighted by molar-refractivity contribution is 6.12. The molecular weight excluding hydrogens is 715 g/mol. The molecule has 0 radical (unpaired) electrons. The van der Waals surface area contributed by atoms with Crippen LogP contribution in [-0.2, 0) is 5.41 Å². The third kappa shape index (κ3) is 4.20. The molecule has 13 rings (SSSR count). The Labute approximate surface area is 340 Å². The minimum atomic E-state index is -0.557. The number of rotatable bonds is 3. The molecular formula is C56H33N3. The molecule has 11 aromatic rings. The summed E-state index contributed by atoms with van der Waals surface area (Å²) in [5, 5.41) is 15.1. The van der Waals surface area contributed by atoms with Gasteiger partial charge in [-0.05, 0) is 122 Å². The van der Waals surface area contributed by atoms with Crippen LogP contribution in [0, 0.1) is 11.3 Å². The third-order valence-corrected chi connectivity index (χ3v) is 13.2. The summed E-state index contributed by atoms with van der Waals surface area (Å²) in [5.41, 5.74) is 19.3. The van der Waals surface area contributed by atoms with Crippen molar-refractivity contribution >= 4 is 43.6 Å². The van der Waals surface area contributed by atoms with Gasteiger partial charge < -0.3 is 9.13 Å². The van der Waals surface area contributed by atoms with E-state index in [1.165, 1.54) is 99.2 Å². The van der Waals surface area contributed by atoms with E-state index in [0.29, 0.717) is 5.56 Å². The first-order valence-electron chi connectivity index (χ1n) is 20.2. The highest BCUT2D eigenvalue weighted by Crippen LogP contribution is 2.63. The number of hydrogen-bond acceptors (Lipinski definition) is 1. The summed E-state index contributed by atoms with van der Waals surface area (Å²) in [4.78, 5) is 0. The van der Waals surface area contributed by atoms with Crippen LogP contribution >= 0.6 is 0 Å². The molecule has 0 amide bonds. The number of hydrogen-bond donors (Lipinski definition) is 0. The van der Waals surface area contributed by atoms with E-state index in [1.807, 2.05) is 6.07 Å². The van der Waals surface area contributed by atoms with Gasteiger partial charge in [-0.15, -0.1) is 0 Å². The van der Waals surface area contributed by atoms with E-state index in [-0.39, 0.29) is 0 Å². The molecule has 59 heavy (non-hydrogen) atoms. The molecule has 3 heteroatoms. The van der Waals surface area contributed by atoms with Crippen molar-refractivity contribution in [1.29, 1.82) is 5.26 Å². The molecule has 0 atom stereocenters. The molecule has 9 aromatic carbocycles. The minimum Gasteiger partial charge on any atom is -0.309 e. The molecule has 2 aliphatic carbocycles. The number of nitrogens with zero attached hydrogens (tertiary/aromatic N) is 3. The van der Waals surface area contributed by atoms with Gasteiger partial charge in [-0.25, -0.2) is 0 Å². The maximum absolute atomic E-state index is 10.2. The van der Waals surface area contributed by atoms with Crippen molar-refractivity contribution in [2.75, 3.05) is 0 Å². The molecule has 0 bridgehead atoms. The Morgan fingerprint density at radius 2 is 0.864 bits per heavy atom. The van der Waals surface area contributed by atoms with Crippen LogP contribution < -0.4 is 0 Å². The third-order valence-electron chi connectivity index (χ3n) is 13.2. The summed E-state index contributed by atoms with van der Waals surface area (Å²) < 4.78 is 4.83. The molecule has 0 fully saturated rings. The Morgan fingerprint density at radius 3 is 1.59 bits per heavy atom. The van der Waals surface area contributed by atoms with E-state index in [1.54, 1.807) is 0 Å². The highest BCUT2D eigenvalue weighted by atomic mass is 15.0. The monoisotopic (exact) mass is 747 g/mol. The molecule has 2 heterocycles. The van der Waals surface area contributed by atoms with E-state index < -0.39 is 5.41 Å². The lowest BCUT2D eigenvalue weighted by atomic mass is 9.70. The second kappa shape index (κ2) is 11.8. The fourth-order valence-electron chi connectivity index (χ4n) is 10.8. The Hall–Kier alpha value is -7.93. The smallest absolute Gasteiger partial charge is 0.0991 e. The second-order valence-electron chi connectivity index (χ2n) is 15.9. The van der Waals surface area contributed by atoms with Crippen molar-refractivity contribution in [3.05, 3.63) is 228 Å². The van der Waals surface area contributed by atoms with Gasteiger partial charge in [-0.3, -0.25) is 0 Å². The molecule has 2 aromatic heterocycles. The number of fused-ring (bicyclic) bond motifs is 16. The molecule has 0 saturated heterocycles. The molecule has 1 spiro atoms. The van der Waals surface area contributed by atoms with E-state index in [9.17, 15) is 5.26 Å². The van der Waals surface area contributed by atoms with Crippen molar-refractivity contribution in [3.63, 3.8) is 0 Å². The average molecular weight is 748 g/mol. The SMILES string of the molecule is N#Cc1ccc2c(c1)C1(c3ccccc3-c3ccccc31)c1cc(-n3c4ccccc4c4ccc(-c5ccc6c(c5)c5ccccc5n6-c5ccccc5)cc43)ccc1-2. The van der Waals surface area contributed by atoms with Crippen molar-refractivity contribution < 1.29 is 0 Å². The second-order valence-corrected chi connectivity index (χ2v) is 15.9. The van der Waals surface area contributed by atoms with Gasteiger partial charge in [0.15, 0.2) is 0 Å². The molecule has 2 aliphatic rings. The van der Waals surface area contributed by atoms with Gasteiger partial charge >= 0.3 is 0 Å². The summed E-state index contributed by atoms with van der Waals surface area (Å²) in [7, 11) is 0. The van der Waals surface area contributed by atoms with Gasteiger partial charge in [0.25, 0.3) is 0 Å². The average Bonchev–Trinajstić information content (AvgIpc) is 4.00. The van der Waals surface area contributed by atoms with Gasteiger partial charge in [-0.1, -0.05) is 133 Å². The first kappa shape index (κ1) is 32.2. The zero-order chi connectivity index (χ0) is 38.8. The lowest BCUT2D eigenvalue weighted by molar-refractivity contribution is 0.792. The molecule has 0 N–H and O–H groups in total. The predicted octanol–water partition coefficient (Wildman–Crippen LogP) is 13.8. The van der Waals surface area contributed by atoms with Crippen molar-refractivity contribution in [2.45, 2.75) is 5.41 Å². The maximum Gasteiger partial charge on any atom is 0.0991 e. The van der Waals surface area contributed by atoms with E-state index >= 15 is 0 Å². The quantitative estimate of drug-likeness (QED) is 0.177. The number of para-hydroxylation sites is 3. The molecule has 272 valence electrons. The fraction of sp³-hybridized carbons (Fsp3) is 0.0179. The van der Waals surface area contributed by atoms with Crippen LogP contribution in [0.15, 0.2) is 200 Å². The topological polar surface area (TPSA) is 33.6 Å². The van der Waals surface area contributed by atoms with Crippen LogP contribution in [0.4, 0.5) is 0 Å². The number of aromatic nitrogens is 2. The summed E-state index contributed by atoms with van der Waals surface area (Å²) >= 11 is 0. The van der Waals surface area contributed by atoms with Gasteiger partial charge in [0.2, 0.25) is 0 Å². The summed E-state index contributed by atoms with van der Waals surface area (Å²) in [6, 6.07) is 75.5. The van der Waals surface area contributed by atoms with Gasteiger partial charge in [0.1, 0.15) is 0 Å². The molecule has 0 unspecified atom stereocenters. The number of nitriles is 1. The summed E-state index contributed by atoms with van der Waals surface area (Å²) in [6.45, 7) is 0. The fourth-order valence-corrected chi connectivity index (χ4v) is 10.8. The summed E-state index contributed by atoms with van der Waals surface area (Å²) in [5.74, 6) is 0. The Balaban J connectivity index is 1.05. The van der Waals surface area contributed by atoms with Crippen LogP contribution in [0.3, 0.4) is 0 Å². The van der Waals surface area contributed by atoms with Gasteiger partial charge in [0.05, 0.1) is 39.1 Å². The van der Waals surface area contributed by atoms with Crippen molar-refractivity contribution in [1.82, 2.24) is 9.13 Å². The van der Waals surface area contributed by atoms with E-state index in [2.05, 4.69) is 209 Å². The maximum atomic E-state index is 10.2. The van der Waals surface area contributed by atoms with Gasteiger partial charge in [0, 0.05) is 32.9 Å². The van der Waals surface area contributed by atoms with Crippen molar-refractivity contribution in [2.24, 2.45) is 0 Å². The normalized spacial score (nSPS) is 13.2. The van der Waals surface area contributed by atoms with Crippen LogP contribution in [0.25, 0.3) is 88.4 Å². The summed E-state index contributed by atoms with van der Waals surface area (Å²) in [6.07, 6.45) is 0. The zero-order valence-electron chi connectivity index (χ0n) is 31.9. The molecule has 0 saturated carbocycles. The zero-order valence-corrected chi connectivity index (χ0v) is 31.9. The first-order valence-corrected chi connectivity index (χ1v) is 20.2. The standard InChI is InChI=1S/C56H33N3/c57-34-35-22-26-42-43-28-25-39(33-51(43)56(50(42)30-35)48-18-8-4-14-40(48)41-15-5-9-19-49(41)56)59-52-20-10-6-16-44(52)46-27-23-37(32-55(46)59)36-24-29-54-47(31-36)45-17-7-11-21-53(45)58(54)38-12-2-1-3-13-38/h1-33H. The van der Waals surface area contributed by atoms with Crippen LogP contribution in [-0.4, -0.2) is 9.13 Å². The predicted molar refractivity (Wildman–Crippen MR) is 242 cm³/mol. The van der Waals surface area contributed by atoms with Crippen molar-refractivity contribution in [3.8, 4) is 50.8 Å². The Morgan fingerprint density at radius 1 is 0.339 bits per heavy atom. The first-order chi connectivity index (χ1) is 29.2. The highest BCUT2D eigenvalue weighted by Gasteiger charge is 2.51. The lowest BCUT2D eigenvalue weighted by Crippen LogP contribution is -2.26. The lowest BCUT2D eigenvalue weighted by Gasteiger charge is -2.31. The molecule has 0 aliphatic heterocycles. The minimum absolute atomic E-state index is 0.557. The largest absolute Gasteiger partial charge is 0.309 e. The Bertz CT molecular complexity index is 3590. The van der Waals surface area contributed by atoms with Gasteiger partial charge in [-0.2, -0.15) is 5.26 Å². The Kier molecular flexibility index (Phi) is 6.44. The van der Waals surface area contributed by atoms with E-state index in [4.69, 9.17) is 0 Å². The van der Waals surface area contributed by atoms with E-state index in [0.717, 1.165) is 11.4 Å². The van der Waals surface area contributed by atoms with Crippen LogP contribution in [0.2, 0.25) is 0 Å².